The Balaban J connectivity index is 2.15. The Bertz CT molecular complexity index is 760. The molecule has 1 aromatic carbocycles. The topological polar surface area (TPSA) is 128 Å². The van der Waals surface area contributed by atoms with Gasteiger partial charge in [0.2, 0.25) is 5.88 Å². The van der Waals surface area contributed by atoms with Gasteiger partial charge in [-0.2, -0.15) is 0 Å². The molecule has 152 valence electrons. The minimum absolute atomic E-state index is 0.122. The SMILES string of the molecule is O=C(O)CNC(=O)C(C(=O)NC1CCCCC1)=C(O)NCc1ccccc1F. The molecule has 0 heterocycles. The van der Waals surface area contributed by atoms with Crippen molar-refractivity contribution in [3.63, 3.8) is 0 Å². The summed E-state index contributed by atoms with van der Waals surface area (Å²) in [6.07, 6.45) is 4.50. The third-order valence-electron chi connectivity index (χ3n) is 4.44. The molecule has 9 heteroatoms. The van der Waals surface area contributed by atoms with Crippen molar-refractivity contribution >= 4 is 17.8 Å². The van der Waals surface area contributed by atoms with Crippen molar-refractivity contribution in [1.29, 1.82) is 0 Å². The molecule has 0 unspecified atom stereocenters. The quantitative estimate of drug-likeness (QED) is 0.196. The maximum absolute atomic E-state index is 13.7. The highest BCUT2D eigenvalue weighted by Gasteiger charge is 2.27. The average Bonchev–Trinajstić information content (AvgIpc) is 2.66. The molecule has 0 bridgehead atoms. The summed E-state index contributed by atoms with van der Waals surface area (Å²) < 4.78 is 13.7. The fourth-order valence-corrected chi connectivity index (χ4v) is 2.98. The van der Waals surface area contributed by atoms with E-state index in [1.807, 2.05) is 0 Å². The standard InChI is InChI=1S/C19H24FN3O5/c20-14-9-5-4-6-12(14)10-21-17(26)16(18(27)22-11-15(24)25)19(28)23-13-7-2-1-3-8-13/h4-6,9,13,21,26H,1-3,7-8,10-11H2,(H,22,27)(H,23,28)(H,24,25). The van der Waals surface area contributed by atoms with Crippen molar-refractivity contribution in [1.82, 2.24) is 16.0 Å². The number of rotatable bonds is 8. The van der Waals surface area contributed by atoms with Crippen LogP contribution in [0, 0.1) is 5.82 Å². The molecule has 1 aromatic rings. The van der Waals surface area contributed by atoms with Gasteiger partial charge in [-0.1, -0.05) is 37.5 Å². The predicted octanol–water partition coefficient (Wildman–Crippen LogP) is 1.33. The summed E-state index contributed by atoms with van der Waals surface area (Å²) in [6.45, 7) is -0.870. The fourth-order valence-electron chi connectivity index (χ4n) is 2.98. The van der Waals surface area contributed by atoms with Crippen LogP contribution in [0.1, 0.15) is 37.7 Å². The highest BCUT2D eigenvalue weighted by molar-refractivity contribution is 6.19. The third-order valence-corrected chi connectivity index (χ3v) is 4.44. The monoisotopic (exact) mass is 393 g/mol. The molecule has 28 heavy (non-hydrogen) atoms. The van der Waals surface area contributed by atoms with Gasteiger partial charge in [-0.3, -0.25) is 14.4 Å². The summed E-state index contributed by atoms with van der Waals surface area (Å²) in [5, 5.41) is 26.2. The van der Waals surface area contributed by atoms with Crippen molar-refractivity contribution in [3.8, 4) is 0 Å². The second-order valence-corrected chi connectivity index (χ2v) is 6.55. The third kappa shape index (κ3) is 6.26. The molecule has 1 aliphatic carbocycles. The van der Waals surface area contributed by atoms with E-state index in [0.717, 1.165) is 32.1 Å². The zero-order chi connectivity index (χ0) is 20.5. The molecule has 0 aromatic heterocycles. The highest BCUT2D eigenvalue weighted by Crippen LogP contribution is 2.18. The molecular formula is C19H24FN3O5. The van der Waals surface area contributed by atoms with Crippen molar-refractivity contribution in [2.24, 2.45) is 0 Å². The second-order valence-electron chi connectivity index (χ2n) is 6.55. The van der Waals surface area contributed by atoms with E-state index in [0.29, 0.717) is 0 Å². The van der Waals surface area contributed by atoms with E-state index in [-0.39, 0.29) is 18.2 Å². The predicted molar refractivity (Wildman–Crippen MR) is 98.6 cm³/mol. The first-order valence-electron chi connectivity index (χ1n) is 9.10. The molecule has 0 atom stereocenters. The van der Waals surface area contributed by atoms with Crippen molar-refractivity contribution in [2.45, 2.75) is 44.7 Å². The molecule has 0 aliphatic heterocycles. The van der Waals surface area contributed by atoms with E-state index in [1.165, 1.54) is 18.2 Å². The van der Waals surface area contributed by atoms with Crippen LogP contribution in [0.25, 0.3) is 0 Å². The molecule has 1 aliphatic rings. The van der Waals surface area contributed by atoms with Crippen LogP contribution in [0.2, 0.25) is 0 Å². The number of halogens is 1. The van der Waals surface area contributed by atoms with Gasteiger partial charge in [0, 0.05) is 18.2 Å². The number of nitrogens with one attached hydrogen (secondary N) is 3. The molecular weight excluding hydrogens is 369 g/mol. The van der Waals surface area contributed by atoms with E-state index in [4.69, 9.17) is 5.11 Å². The summed E-state index contributed by atoms with van der Waals surface area (Å²) in [4.78, 5) is 35.5. The lowest BCUT2D eigenvalue weighted by Gasteiger charge is -2.23. The summed E-state index contributed by atoms with van der Waals surface area (Å²) in [6, 6.07) is 5.73. The largest absolute Gasteiger partial charge is 0.494 e. The molecule has 2 amide bonds. The molecule has 8 nitrogen and oxygen atoms in total. The number of carbonyl (C=O) groups excluding carboxylic acids is 2. The normalized spacial score (nSPS) is 15.3. The van der Waals surface area contributed by atoms with E-state index in [9.17, 15) is 23.9 Å². The first-order chi connectivity index (χ1) is 13.4. The molecule has 1 fully saturated rings. The Morgan fingerprint density at radius 2 is 1.68 bits per heavy atom. The Kier molecular flexibility index (Phi) is 7.79. The molecule has 0 radical (unpaired) electrons. The Hall–Kier alpha value is -3.10. The van der Waals surface area contributed by atoms with Crippen LogP contribution in [0.5, 0.6) is 0 Å². The lowest BCUT2D eigenvalue weighted by atomic mass is 9.95. The number of aliphatic carboxylic acids is 1. The Labute approximate surface area is 161 Å². The van der Waals surface area contributed by atoms with Crippen LogP contribution in [-0.4, -0.2) is 40.6 Å². The number of aliphatic hydroxyl groups is 1. The molecule has 0 saturated heterocycles. The average molecular weight is 393 g/mol. The number of benzene rings is 1. The fraction of sp³-hybridized carbons (Fsp3) is 0.421. The van der Waals surface area contributed by atoms with E-state index in [1.54, 1.807) is 6.07 Å². The lowest BCUT2D eigenvalue weighted by molar-refractivity contribution is -0.138. The first kappa shape index (κ1) is 21.2. The van der Waals surface area contributed by atoms with Gasteiger partial charge in [0.25, 0.3) is 11.8 Å². The second kappa shape index (κ2) is 10.3. The summed E-state index contributed by atoms with van der Waals surface area (Å²) in [7, 11) is 0. The van der Waals surface area contributed by atoms with E-state index >= 15 is 0 Å². The maximum Gasteiger partial charge on any atom is 0.322 e. The lowest BCUT2D eigenvalue weighted by Crippen LogP contribution is -2.43. The summed E-state index contributed by atoms with van der Waals surface area (Å²) in [5.74, 6) is -4.40. The van der Waals surface area contributed by atoms with Gasteiger partial charge < -0.3 is 26.2 Å². The van der Waals surface area contributed by atoms with Gasteiger partial charge in [0.05, 0.1) is 0 Å². The van der Waals surface area contributed by atoms with Crippen LogP contribution in [0.3, 0.4) is 0 Å². The van der Waals surface area contributed by atoms with Crippen molar-refractivity contribution in [3.05, 3.63) is 47.1 Å². The number of amides is 2. The number of carbonyl (C=O) groups is 3. The number of aliphatic hydroxyl groups excluding tert-OH is 1. The minimum atomic E-state index is -1.29. The van der Waals surface area contributed by atoms with Gasteiger partial charge in [0.1, 0.15) is 12.4 Å². The number of carboxylic acids is 1. The Morgan fingerprint density at radius 3 is 2.32 bits per heavy atom. The minimum Gasteiger partial charge on any atom is -0.494 e. The van der Waals surface area contributed by atoms with Crippen LogP contribution < -0.4 is 16.0 Å². The number of hydrogen-bond donors (Lipinski definition) is 5. The zero-order valence-corrected chi connectivity index (χ0v) is 15.3. The molecule has 0 spiro atoms. The van der Waals surface area contributed by atoms with Gasteiger partial charge in [0.15, 0.2) is 5.57 Å². The van der Waals surface area contributed by atoms with Crippen LogP contribution >= 0.6 is 0 Å². The van der Waals surface area contributed by atoms with Gasteiger partial charge >= 0.3 is 5.97 Å². The van der Waals surface area contributed by atoms with E-state index < -0.39 is 41.6 Å². The summed E-state index contributed by atoms with van der Waals surface area (Å²) in [5.41, 5.74) is -0.407. The Morgan fingerprint density at radius 1 is 1.00 bits per heavy atom. The van der Waals surface area contributed by atoms with Crippen molar-refractivity contribution in [2.75, 3.05) is 6.54 Å². The molecule has 5 N–H and O–H groups in total. The first-order valence-corrected chi connectivity index (χ1v) is 9.10. The summed E-state index contributed by atoms with van der Waals surface area (Å²) >= 11 is 0. The highest BCUT2D eigenvalue weighted by atomic mass is 19.1. The van der Waals surface area contributed by atoms with Gasteiger partial charge in [-0.05, 0) is 18.9 Å². The molecule has 1 saturated carbocycles. The van der Waals surface area contributed by atoms with Crippen LogP contribution in [0.4, 0.5) is 4.39 Å². The van der Waals surface area contributed by atoms with Crippen LogP contribution in [-0.2, 0) is 20.9 Å². The van der Waals surface area contributed by atoms with Crippen molar-refractivity contribution < 1.29 is 29.0 Å². The van der Waals surface area contributed by atoms with Gasteiger partial charge in [-0.25, -0.2) is 4.39 Å². The van der Waals surface area contributed by atoms with E-state index in [2.05, 4.69) is 16.0 Å². The smallest absolute Gasteiger partial charge is 0.322 e. The number of carboxylic acid groups (broad SMARTS) is 1. The van der Waals surface area contributed by atoms with Crippen LogP contribution in [0.15, 0.2) is 35.7 Å². The number of hydrogen-bond acceptors (Lipinski definition) is 5. The zero-order valence-electron chi connectivity index (χ0n) is 15.3. The molecule has 2 rings (SSSR count). The van der Waals surface area contributed by atoms with Gasteiger partial charge in [-0.15, -0.1) is 0 Å². The maximum atomic E-state index is 13.7.